The van der Waals surface area contributed by atoms with Gasteiger partial charge in [-0.1, -0.05) is 12.8 Å². The molecule has 25 heavy (non-hydrogen) atoms. The molecule has 132 valence electrons. The number of ether oxygens (including phenoxy) is 2. The van der Waals surface area contributed by atoms with Crippen molar-refractivity contribution in [1.82, 2.24) is 15.3 Å². The van der Waals surface area contributed by atoms with Gasteiger partial charge in [-0.2, -0.15) is 0 Å². The fourth-order valence-corrected chi connectivity index (χ4v) is 2.87. The minimum atomic E-state index is -0.125. The van der Waals surface area contributed by atoms with E-state index in [9.17, 15) is 4.79 Å². The molecular weight excluding hydrogens is 320 g/mol. The summed E-state index contributed by atoms with van der Waals surface area (Å²) in [5.41, 5.74) is 1.17. The van der Waals surface area contributed by atoms with Gasteiger partial charge in [-0.25, -0.2) is 9.97 Å². The van der Waals surface area contributed by atoms with Gasteiger partial charge in [-0.05, 0) is 25.0 Å². The van der Waals surface area contributed by atoms with E-state index in [0.717, 1.165) is 12.8 Å². The topological polar surface area (TPSA) is 85.4 Å². The van der Waals surface area contributed by atoms with Gasteiger partial charge < -0.3 is 20.1 Å². The summed E-state index contributed by atoms with van der Waals surface area (Å²) in [6.07, 6.45) is 7.49. The molecule has 7 nitrogen and oxygen atoms in total. The van der Waals surface area contributed by atoms with Crippen LogP contribution in [0.1, 0.15) is 36.0 Å². The van der Waals surface area contributed by atoms with Gasteiger partial charge in [0.2, 0.25) is 5.95 Å². The van der Waals surface area contributed by atoms with E-state index < -0.39 is 0 Å². The number of methoxy groups -OCH3 is 2. The lowest BCUT2D eigenvalue weighted by atomic mass is 10.2. The summed E-state index contributed by atoms with van der Waals surface area (Å²) in [7, 11) is 3.18. The van der Waals surface area contributed by atoms with Crippen molar-refractivity contribution in [3.05, 3.63) is 36.2 Å². The SMILES string of the molecule is COc1ccc(Nc2ncc(C(=O)NC3CCCC3)cn2)c(OC)c1. The van der Waals surface area contributed by atoms with Crippen LogP contribution in [0.15, 0.2) is 30.6 Å². The molecule has 1 aliphatic carbocycles. The Kier molecular flexibility index (Phi) is 5.33. The third kappa shape index (κ3) is 4.17. The number of rotatable bonds is 6. The maximum atomic E-state index is 12.2. The maximum absolute atomic E-state index is 12.2. The molecular formula is C18H22N4O3. The van der Waals surface area contributed by atoms with E-state index in [1.54, 1.807) is 20.3 Å². The monoisotopic (exact) mass is 342 g/mol. The first-order valence-electron chi connectivity index (χ1n) is 8.31. The van der Waals surface area contributed by atoms with Crippen molar-refractivity contribution in [2.24, 2.45) is 0 Å². The summed E-state index contributed by atoms with van der Waals surface area (Å²) >= 11 is 0. The van der Waals surface area contributed by atoms with Crippen molar-refractivity contribution in [2.75, 3.05) is 19.5 Å². The molecule has 1 saturated carbocycles. The predicted molar refractivity (Wildman–Crippen MR) is 94.6 cm³/mol. The van der Waals surface area contributed by atoms with Crippen LogP contribution in [0.25, 0.3) is 0 Å². The normalized spacial score (nSPS) is 14.2. The van der Waals surface area contributed by atoms with E-state index >= 15 is 0 Å². The minimum Gasteiger partial charge on any atom is -0.497 e. The zero-order valence-corrected chi connectivity index (χ0v) is 14.4. The van der Waals surface area contributed by atoms with Crippen LogP contribution in [0, 0.1) is 0 Å². The number of anilines is 2. The van der Waals surface area contributed by atoms with E-state index in [2.05, 4.69) is 20.6 Å². The van der Waals surface area contributed by atoms with Crippen molar-refractivity contribution in [1.29, 1.82) is 0 Å². The Morgan fingerprint density at radius 3 is 2.48 bits per heavy atom. The molecule has 1 amide bonds. The molecule has 0 atom stereocenters. The van der Waals surface area contributed by atoms with Crippen LogP contribution < -0.4 is 20.1 Å². The van der Waals surface area contributed by atoms with E-state index in [1.807, 2.05) is 12.1 Å². The lowest BCUT2D eigenvalue weighted by Gasteiger charge is -2.13. The van der Waals surface area contributed by atoms with Crippen LogP contribution in [0.5, 0.6) is 11.5 Å². The Bertz CT molecular complexity index is 728. The third-order valence-corrected chi connectivity index (χ3v) is 4.26. The van der Waals surface area contributed by atoms with E-state index in [1.165, 1.54) is 25.2 Å². The molecule has 0 unspecified atom stereocenters. The van der Waals surface area contributed by atoms with Crippen LogP contribution in [-0.4, -0.2) is 36.1 Å². The van der Waals surface area contributed by atoms with Crippen LogP contribution in [0.3, 0.4) is 0 Å². The number of benzene rings is 1. The van der Waals surface area contributed by atoms with Gasteiger partial charge >= 0.3 is 0 Å². The van der Waals surface area contributed by atoms with Gasteiger partial charge in [0.1, 0.15) is 11.5 Å². The Morgan fingerprint density at radius 1 is 1.12 bits per heavy atom. The lowest BCUT2D eigenvalue weighted by Crippen LogP contribution is -2.32. The summed E-state index contributed by atoms with van der Waals surface area (Å²) in [4.78, 5) is 20.6. The van der Waals surface area contributed by atoms with Crippen molar-refractivity contribution < 1.29 is 14.3 Å². The summed E-state index contributed by atoms with van der Waals surface area (Å²) in [6, 6.07) is 5.68. The minimum absolute atomic E-state index is 0.125. The molecule has 3 rings (SSSR count). The van der Waals surface area contributed by atoms with Gasteiger partial charge in [0.15, 0.2) is 0 Å². The van der Waals surface area contributed by atoms with Gasteiger partial charge in [-0.3, -0.25) is 4.79 Å². The predicted octanol–water partition coefficient (Wildman–Crippen LogP) is 2.91. The first kappa shape index (κ1) is 17.0. The van der Waals surface area contributed by atoms with Crippen molar-refractivity contribution >= 4 is 17.5 Å². The standard InChI is InChI=1S/C18H22N4O3/c1-24-14-7-8-15(16(9-14)25-2)22-18-19-10-12(11-20-18)17(23)21-13-5-3-4-6-13/h7-11,13H,3-6H2,1-2H3,(H,21,23)(H,19,20,22). The first-order valence-corrected chi connectivity index (χ1v) is 8.31. The molecule has 0 radical (unpaired) electrons. The van der Waals surface area contributed by atoms with Gasteiger partial charge in [0, 0.05) is 24.5 Å². The number of hydrogen-bond acceptors (Lipinski definition) is 6. The first-order chi connectivity index (χ1) is 12.2. The molecule has 1 aliphatic rings. The van der Waals surface area contributed by atoms with Crippen molar-refractivity contribution in [2.45, 2.75) is 31.7 Å². The second kappa shape index (κ2) is 7.83. The number of hydrogen-bond donors (Lipinski definition) is 2. The van der Waals surface area contributed by atoms with Crippen LogP contribution in [-0.2, 0) is 0 Å². The second-order valence-corrected chi connectivity index (χ2v) is 5.94. The van der Waals surface area contributed by atoms with Gasteiger partial charge in [0.25, 0.3) is 5.91 Å². The van der Waals surface area contributed by atoms with Crippen LogP contribution in [0.4, 0.5) is 11.6 Å². The molecule has 1 aromatic heterocycles. The zero-order valence-electron chi connectivity index (χ0n) is 14.4. The largest absolute Gasteiger partial charge is 0.497 e. The summed E-state index contributed by atoms with van der Waals surface area (Å²) in [5, 5.41) is 6.10. The Hall–Kier alpha value is -2.83. The molecule has 0 aliphatic heterocycles. The molecule has 2 aromatic rings. The number of aromatic nitrogens is 2. The van der Waals surface area contributed by atoms with E-state index in [-0.39, 0.29) is 11.9 Å². The summed E-state index contributed by atoms with van der Waals surface area (Å²) < 4.78 is 10.5. The highest BCUT2D eigenvalue weighted by Crippen LogP contribution is 2.30. The van der Waals surface area contributed by atoms with E-state index in [4.69, 9.17) is 9.47 Å². The molecule has 2 N–H and O–H groups in total. The highest BCUT2D eigenvalue weighted by atomic mass is 16.5. The fourth-order valence-electron chi connectivity index (χ4n) is 2.87. The van der Waals surface area contributed by atoms with Gasteiger partial charge in [-0.15, -0.1) is 0 Å². The maximum Gasteiger partial charge on any atom is 0.254 e. The fraction of sp³-hybridized carbons (Fsp3) is 0.389. The molecule has 1 fully saturated rings. The highest BCUT2D eigenvalue weighted by molar-refractivity contribution is 5.93. The average Bonchev–Trinajstić information content (AvgIpc) is 3.15. The number of carbonyl (C=O) groups excluding carboxylic acids is 1. The van der Waals surface area contributed by atoms with Crippen LogP contribution in [0.2, 0.25) is 0 Å². The molecule has 0 bridgehead atoms. The molecule has 0 spiro atoms. The Morgan fingerprint density at radius 2 is 1.84 bits per heavy atom. The van der Waals surface area contributed by atoms with E-state index in [0.29, 0.717) is 28.7 Å². The quantitative estimate of drug-likeness (QED) is 0.839. The highest BCUT2D eigenvalue weighted by Gasteiger charge is 2.18. The summed E-state index contributed by atoms with van der Waals surface area (Å²) in [5.74, 6) is 1.58. The zero-order chi connectivity index (χ0) is 17.6. The number of nitrogens with one attached hydrogen (secondary N) is 2. The molecule has 1 aromatic carbocycles. The number of nitrogens with zero attached hydrogens (tertiary/aromatic N) is 2. The smallest absolute Gasteiger partial charge is 0.254 e. The summed E-state index contributed by atoms with van der Waals surface area (Å²) in [6.45, 7) is 0. The lowest BCUT2D eigenvalue weighted by molar-refractivity contribution is 0.0937. The molecule has 7 heteroatoms. The van der Waals surface area contributed by atoms with Crippen molar-refractivity contribution in [3.63, 3.8) is 0 Å². The second-order valence-electron chi connectivity index (χ2n) is 5.94. The Balaban J connectivity index is 1.67. The van der Waals surface area contributed by atoms with Gasteiger partial charge in [0.05, 0.1) is 25.5 Å². The Labute approximate surface area is 146 Å². The van der Waals surface area contributed by atoms with Crippen molar-refractivity contribution in [3.8, 4) is 11.5 Å². The number of amides is 1. The molecule has 0 saturated heterocycles. The third-order valence-electron chi connectivity index (χ3n) is 4.26. The van der Waals surface area contributed by atoms with Crippen LogP contribution >= 0.6 is 0 Å². The molecule has 1 heterocycles. The average molecular weight is 342 g/mol. The number of carbonyl (C=O) groups is 1.